The van der Waals surface area contributed by atoms with Gasteiger partial charge in [0, 0.05) is 13.2 Å². The highest BCUT2D eigenvalue weighted by atomic mass is 32.1. The number of aromatic nitrogens is 1. The summed E-state index contributed by atoms with van der Waals surface area (Å²) in [5.74, 6) is 6.07. The number of anilines is 1. The van der Waals surface area contributed by atoms with Gasteiger partial charge in [-0.3, -0.25) is 5.01 Å². The summed E-state index contributed by atoms with van der Waals surface area (Å²) in [6.07, 6.45) is 6.74. The number of para-hydroxylation sites is 1. The second-order valence-corrected chi connectivity index (χ2v) is 6.01. The van der Waals surface area contributed by atoms with Gasteiger partial charge in [0.2, 0.25) is 5.13 Å². The second-order valence-electron chi connectivity index (χ2n) is 5.00. The summed E-state index contributed by atoms with van der Waals surface area (Å²) in [5, 5.41) is 11.4. The summed E-state index contributed by atoms with van der Waals surface area (Å²) in [4.78, 5) is 4.54. The van der Waals surface area contributed by atoms with Gasteiger partial charge >= 0.3 is 0 Å². The standard InChI is InChI=1S/C15H23N3OS/c16-18(11-7-3-1-2-4-8-12-19)15-17-13-9-5-6-10-14(13)20-15/h5-6,9-10,19H,1-4,7-8,11-12,16H2. The van der Waals surface area contributed by atoms with Gasteiger partial charge in [-0.2, -0.15) is 0 Å². The summed E-state index contributed by atoms with van der Waals surface area (Å²) in [5.41, 5.74) is 1.02. The van der Waals surface area contributed by atoms with Crippen molar-refractivity contribution < 1.29 is 5.11 Å². The van der Waals surface area contributed by atoms with Crippen LogP contribution in [-0.2, 0) is 0 Å². The average molecular weight is 293 g/mol. The molecule has 0 atom stereocenters. The fourth-order valence-corrected chi connectivity index (χ4v) is 3.09. The molecule has 0 bridgehead atoms. The van der Waals surface area contributed by atoms with Crippen LogP contribution in [0.3, 0.4) is 0 Å². The molecule has 0 saturated heterocycles. The molecule has 0 saturated carbocycles. The van der Waals surface area contributed by atoms with E-state index in [9.17, 15) is 0 Å². The van der Waals surface area contributed by atoms with Crippen molar-refractivity contribution in [3.05, 3.63) is 24.3 Å². The molecule has 20 heavy (non-hydrogen) atoms. The van der Waals surface area contributed by atoms with Gasteiger partial charge in [0.15, 0.2) is 0 Å². The Hall–Kier alpha value is -1.17. The zero-order chi connectivity index (χ0) is 14.2. The molecule has 0 unspecified atom stereocenters. The summed E-state index contributed by atoms with van der Waals surface area (Å²) >= 11 is 1.64. The maximum atomic E-state index is 8.70. The normalized spacial score (nSPS) is 11.1. The number of hydrazine groups is 1. The minimum Gasteiger partial charge on any atom is -0.396 e. The predicted molar refractivity (Wildman–Crippen MR) is 85.9 cm³/mol. The van der Waals surface area contributed by atoms with Crippen molar-refractivity contribution in [2.75, 3.05) is 18.2 Å². The van der Waals surface area contributed by atoms with E-state index >= 15 is 0 Å². The van der Waals surface area contributed by atoms with Gasteiger partial charge in [-0.05, 0) is 25.0 Å². The lowest BCUT2D eigenvalue weighted by atomic mass is 10.1. The fraction of sp³-hybridized carbons (Fsp3) is 0.533. The van der Waals surface area contributed by atoms with E-state index in [1.54, 1.807) is 16.3 Å². The molecular formula is C15H23N3OS. The maximum Gasteiger partial charge on any atom is 0.200 e. The van der Waals surface area contributed by atoms with Gasteiger partial charge in [0.05, 0.1) is 10.2 Å². The van der Waals surface area contributed by atoms with Gasteiger partial charge in [-0.25, -0.2) is 10.8 Å². The Morgan fingerprint density at radius 3 is 2.50 bits per heavy atom. The van der Waals surface area contributed by atoms with Gasteiger partial charge in [-0.1, -0.05) is 49.2 Å². The van der Waals surface area contributed by atoms with E-state index in [2.05, 4.69) is 11.1 Å². The van der Waals surface area contributed by atoms with E-state index in [0.717, 1.165) is 36.5 Å². The van der Waals surface area contributed by atoms with E-state index in [4.69, 9.17) is 10.9 Å². The van der Waals surface area contributed by atoms with Crippen molar-refractivity contribution in [2.24, 2.45) is 5.84 Å². The SMILES string of the molecule is NN(CCCCCCCCO)c1nc2ccccc2s1. The first kappa shape index (κ1) is 15.2. The highest BCUT2D eigenvalue weighted by Crippen LogP contribution is 2.27. The molecule has 3 N–H and O–H groups in total. The molecule has 0 aliphatic rings. The predicted octanol–water partition coefficient (Wildman–Crippen LogP) is 3.31. The number of rotatable bonds is 9. The zero-order valence-corrected chi connectivity index (χ0v) is 12.6. The van der Waals surface area contributed by atoms with Crippen LogP contribution in [-0.4, -0.2) is 23.2 Å². The van der Waals surface area contributed by atoms with Crippen molar-refractivity contribution >= 4 is 26.7 Å². The minimum atomic E-state index is 0.314. The largest absolute Gasteiger partial charge is 0.396 e. The lowest BCUT2D eigenvalue weighted by Crippen LogP contribution is -2.31. The van der Waals surface area contributed by atoms with Crippen LogP contribution in [0.15, 0.2) is 24.3 Å². The van der Waals surface area contributed by atoms with Crippen LogP contribution in [0, 0.1) is 0 Å². The van der Waals surface area contributed by atoms with Gasteiger partial charge in [-0.15, -0.1) is 0 Å². The first-order valence-electron chi connectivity index (χ1n) is 7.30. The molecule has 0 fully saturated rings. The first-order valence-corrected chi connectivity index (χ1v) is 8.11. The van der Waals surface area contributed by atoms with Crippen molar-refractivity contribution in [1.29, 1.82) is 0 Å². The molecule has 4 nitrogen and oxygen atoms in total. The molecule has 0 radical (unpaired) electrons. The molecule has 1 heterocycles. The Morgan fingerprint density at radius 2 is 1.75 bits per heavy atom. The van der Waals surface area contributed by atoms with Crippen molar-refractivity contribution in [3.8, 4) is 0 Å². The number of nitrogens with zero attached hydrogens (tertiary/aromatic N) is 2. The highest BCUT2D eigenvalue weighted by molar-refractivity contribution is 7.22. The summed E-state index contributed by atoms with van der Waals surface area (Å²) in [7, 11) is 0. The smallest absolute Gasteiger partial charge is 0.200 e. The molecule has 110 valence electrons. The average Bonchev–Trinajstić information content (AvgIpc) is 2.90. The monoisotopic (exact) mass is 293 g/mol. The quantitative estimate of drug-likeness (QED) is 0.423. The lowest BCUT2D eigenvalue weighted by Gasteiger charge is -2.14. The summed E-state index contributed by atoms with van der Waals surface area (Å²) in [6.45, 7) is 1.16. The number of nitrogens with two attached hydrogens (primary N) is 1. The van der Waals surface area contributed by atoms with Crippen molar-refractivity contribution in [3.63, 3.8) is 0 Å². The molecule has 2 rings (SSSR count). The third-order valence-corrected chi connectivity index (χ3v) is 4.41. The lowest BCUT2D eigenvalue weighted by molar-refractivity contribution is 0.282. The van der Waals surface area contributed by atoms with Gasteiger partial charge in [0.25, 0.3) is 0 Å². The molecular weight excluding hydrogens is 270 g/mol. The first-order chi connectivity index (χ1) is 9.81. The number of unbranched alkanes of at least 4 members (excludes halogenated alkanes) is 5. The van der Waals surface area contributed by atoms with E-state index in [0.29, 0.717) is 6.61 Å². The Labute approximate surface area is 124 Å². The molecule has 0 spiro atoms. The third kappa shape index (κ3) is 4.44. The van der Waals surface area contributed by atoms with E-state index < -0.39 is 0 Å². The number of fused-ring (bicyclic) bond motifs is 1. The van der Waals surface area contributed by atoms with E-state index in [-0.39, 0.29) is 0 Å². The van der Waals surface area contributed by atoms with Crippen LogP contribution in [0.2, 0.25) is 0 Å². The number of aliphatic hydroxyl groups excluding tert-OH is 1. The Morgan fingerprint density at radius 1 is 1.05 bits per heavy atom. The van der Waals surface area contributed by atoms with Crippen LogP contribution < -0.4 is 10.9 Å². The Kier molecular flexibility index (Phi) is 6.24. The molecule has 5 heteroatoms. The fourth-order valence-electron chi connectivity index (χ4n) is 2.18. The Bertz CT molecular complexity index is 482. The maximum absolute atomic E-state index is 8.70. The number of aliphatic hydroxyl groups is 1. The number of hydrogen-bond donors (Lipinski definition) is 2. The zero-order valence-electron chi connectivity index (χ0n) is 11.8. The summed E-state index contributed by atoms with van der Waals surface area (Å²) in [6, 6.07) is 8.12. The van der Waals surface area contributed by atoms with Crippen LogP contribution in [0.5, 0.6) is 0 Å². The Balaban J connectivity index is 1.70. The third-order valence-electron chi connectivity index (χ3n) is 3.34. The number of benzene rings is 1. The number of thiazole rings is 1. The topological polar surface area (TPSA) is 62.4 Å². The molecule has 1 aromatic heterocycles. The molecule has 0 amide bonds. The minimum absolute atomic E-state index is 0.314. The van der Waals surface area contributed by atoms with Crippen molar-refractivity contribution in [1.82, 2.24) is 4.98 Å². The summed E-state index contributed by atoms with van der Waals surface area (Å²) < 4.78 is 1.18. The molecule has 2 aromatic rings. The highest BCUT2D eigenvalue weighted by Gasteiger charge is 2.07. The van der Waals surface area contributed by atoms with Gasteiger partial charge < -0.3 is 5.11 Å². The van der Waals surface area contributed by atoms with Crippen LogP contribution in [0.25, 0.3) is 10.2 Å². The van der Waals surface area contributed by atoms with E-state index in [1.807, 2.05) is 18.2 Å². The second kappa shape index (κ2) is 8.19. The molecule has 1 aromatic carbocycles. The molecule has 0 aliphatic heterocycles. The molecule has 0 aliphatic carbocycles. The van der Waals surface area contributed by atoms with Crippen LogP contribution in [0.4, 0.5) is 5.13 Å². The van der Waals surface area contributed by atoms with Crippen molar-refractivity contribution in [2.45, 2.75) is 38.5 Å². The van der Waals surface area contributed by atoms with Gasteiger partial charge in [0.1, 0.15) is 0 Å². The van der Waals surface area contributed by atoms with E-state index in [1.165, 1.54) is 24.0 Å². The van der Waals surface area contributed by atoms with Crippen LogP contribution >= 0.6 is 11.3 Å². The van der Waals surface area contributed by atoms with Crippen LogP contribution in [0.1, 0.15) is 38.5 Å². The number of hydrogen-bond acceptors (Lipinski definition) is 5.